The number of carbonyl (C=O) groups excluding carboxylic acids is 1. The predicted octanol–water partition coefficient (Wildman–Crippen LogP) is 3.09. The average Bonchev–Trinajstić information content (AvgIpc) is 3.16. The van der Waals surface area contributed by atoms with E-state index in [4.69, 9.17) is 22.1 Å². The van der Waals surface area contributed by atoms with Gasteiger partial charge < -0.3 is 20.1 Å². The van der Waals surface area contributed by atoms with Gasteiger partial charge >= 0.3 is 0 Å². The van der Waals surface area contributed by atoms with Gasteiger partial charge in [0.1, 0.15) is 16.6 Å². The molecule has 7 nitrogen and oxygen atoms in total. The number of imidazole rings is 1. The van der Waals surface area contributed by atoms with E-state index in [0.29, 0.717) is 23.9 Å². The molecule has 0 saturated heterocycles. The lowest BCUT2D eigenvalue weighted by atomic mass is 10.1. The number of ether oxygens (including phenoxy) is 1. The Morgan fingerprint density at radius 3 is 2.75 bits per heavy atom. The Hall–Kier alpha value is -2.90. The van der Waals surface area contributed by atoms with Crippen LogP contribution in [-0.2, 0) is 0 Å². The van der Waals surface area contributed by atoms with Gasteiger partial charge in [0.2, 0.25) is 0 Å². The highest BCUT2D eigenvalue weighted by Gasteiger charge is 2.19. The summed E-state index contributed by atoms with van der Waals surface area (Å²) in [5.74, 6) is 0.105. The van der Waals surface area contributed by atoms with Crippen molar-refractivity contribution in [2.45, 2.75) is 25.5 Å². The number of hydrogen-bond acceptors (Lipinski definition) is 5. The molecule has 2 aromatic heterocycles. The lowest BCUT2D eigenvalue weighted by molar-refractivity contribution is 0.0993. The van der Waals surface area contributed by atoms with Crippen LogP contribution in [0.3, 0.4) is 0 Å². The number of benzene rings is 1. The highest BCUT2D eigenvalue weighted by atomic mass is 35.5. The minimum atomic E-state index is -0.648. The molecular formula is C20H21ClN4O3. The summed E-state index contributed by atoms with van der Waals surface area (Å²) in [5, 5.41) is 10.5. The third kappa shape index (κ3) is 4.88. The highest BCUT2D eigenvalue weighted by molar-refractivity contribution is 6.29. The van der Waals surface area contributed by atoms with Crippen molar-refractivity contribution in [3.05, 3.63) is 66.0 Å². The first-order chi connectivity index (χ1) is 13.4. The third-order valence-electron chi connectivity index (χ3n) is 4.37. The molecule has 8 heteroatoms. The molecule has 0 aliphatic carbocycles. The number of amides is 1. The van der Waals surface area contributed by atoms with Gasteiger partial charge in [-0.2, -0.15) is 0 Å². The fourth-order valence-electron chi connectivity index (χ4n) is 2.89. The predicted molar refractivity (Wildman–Crippen MR) is 106 cm³/mol. The summed E-state index contributed by atoms with van der Waals surface area (Å²) in [6, 6.07) is 11.0. The van der Waals surface area contributed by atoms with E-state index < -0.39 is 12.0 Å². The summed E-state index contributed by atoms with van der Waals surface area (Å²) in [6.07, 6.45) is 4.61. The number of aliphatic hydroxyl groups excluding tert-OH is 1. The number of primary amides is 1. The highest BCUT2D eigenvalue weighted by Crippen LogP contribution is 2.25. The first-order valence-corrected chi connectivity index (χ1v) is 9.18. The summed E-state index contributed by atoms with van der Waals surface area (Å²) in [4.78, 5) is 19.3. The van der Waals surface area contributed by atoms with E-state index in [2.05, 4.69) is 9.97 Å². The molecule has 146 valence electrons. The number of rotatable bonds is 8. The van der Waals surface area contributed by atoms with E-state index in [1.165, 1.54) is 12.5 Å². The van der Waals surface area contributed by atoms with Crippen LogP contribution in [0.2, 0.25) is 5.15 Å². The van der Waals surface area contributed by atoms with Gasteiger partial charge in [-0.15, -0.1) is 0 Å². The molecule has 3 N–H and O–H groups in total. The lowest BCUT2D eigenvalue weighted by Crippen LogP contribution is -2.23. The molecule has 0 spiro atoms. The molecule has 0 aliphatic rings. The van der Waals surface area contributed by atoms with Crippen molar-refractivity contribution in [2.75, 3.05) is 6.61 Å². The normalized spacial score (nSPS) is 13.1. The molecule has 28 heavy (non-hydrogen) atoms. The Bertz CT molecular complexity index is 941. The fraction of sp³-hybridized carbons (Fsp3) is 0.250. The third-order valence-corrected chi connectivity index (χ3v) is 4.59. The minimum Gasteiger partial charge on any atom is -0.493 e. The van der Waals surface area contributed by atoms with Crippen LogP contribution in [0.15, 0.2) is 55.1 Å². The topological polar surface area (TPSA) is 103 Å². The van der Waals surface area contributed by atoms with Gasteiger partial charge in [0, 0.05) is 24.4 Å². The Labute approximate surface area is 167 Å². The molecule has 1 amide bonds. The van der Waals surface area contributed by atoms with Gasteiger partial charge in [-0.3, -0.25) is 4.79 Å². The molecule has 1 aromatic carbocycles. The number of hydrogen-bond donors (Lipinski definition) is 2. The van der Waals surface area contributed by atoms with E-state index >= 15 is 0 Å². The Morgan fingerprint density at radius 2 is 2.11 bits per heavy atom. The Kier molecular flexibility index (Phi) is 6.28. The van der Waals surface area contributed by atoms with Crippen LogP contribution < -0.4 is 10.5 Å². The summed E-state index contributed by atoms with van der Waals surface area (Å²) >= 11 is 5.84. The molecule has 0 aliphatic heterocycles. The zero-order valence-electron chi connectivity index (χ0n) is 15.3. The van der Waals surface area contributed by atoms with Crippen LogP contribution in [-0.4, -0.2) is 38.3 Å². The molecular weight excluding hydrogens is 380 g/mol. The van der Waals surface area contributed by atoms with Crippen molar-refractivity contribution in [3.8, 4) is 16.9 Å². The standard InChI is InChI=1S/C20H21ClN4O3/c1-13(26)18(25-11-17(20(22)27)24-12-25)7-8-28-16-4-2-3-14(9-16)15-5-6-19(21)23-10-15/h2-6,9-13,18,26H,7-8H2,1H3,(H2,22,27). The summed E-state index contributed by atoms with van der Waals surface area (Å²) in [5.41, 5.74) is 7.30. The Balaban J connectivity index is 1.65. The quantitative estimate of drug-likeness (QED) is 0.565. The van der Waals surface area contributed by atoms with Gasteiger partial charge in [0.25, 0.3) is 5.91 Å². The maximum Gasteiger partial charge on any atom is 0.268 e. The minimum absolute atomic E-state index is 0.163. The molecule has 0 saturated carbocycles. The van der Waals surface area contributed by atoms with E-state index in [-0.39, 0.29) is 11.7 Å². The summed E-state index contributed by atoms with van der Waals surface area (Å²) < 4.78 is 7.55. The van der Waals surface area contributed by atoms with Crippen LogP contribution in [0.1, 0.15) is 29.9 Å². The average molecular weight is 401 g/mol. The second-order valence-electron chi connectivity index (χ2n) is 6.41. The van der Waals surface area contributed by atoms with Crippen molar-refractivity contribution in [1.29, 1.82) is 0 Å². The van der Waals surface area contributed by atoms with Crippen LogP contribution >= 0.6 is 11.6 Å². The van der Waals surface area contributed by atoms with E-state index in [9.17, 15) is 9.90 Å². The van der Waals surface area contributed by atoms with Crippen molar-refractivity contribution >= 4 is 17.5 Å². The molecule has 3 rings (SSSR count). The maximum atomic E-state index is 11.2. The molecule has 2 atom stereocenters. The van der Waals surface area contributed by atoms with Crippen molar-refractivity contribution < 1.29 is 14.6 Å². The second-order valence-corrected chi connectivity index (χ2v) is 6.80. The van der Waals surface area contributed by atoms with E-state index in [1.807, 2.05) is 30.3 Å². The van der Waals surface area contributed by atoms with Crippen molar-refractivity contribution in [2.24, 2.45) is 5.73 Å². The number of nitrogens with two attached hydrogens (primary N) is 1. The first-order valence-electron chi connectivity index (χ1n) is 8.80. The monoisotopic (exact) mass is 400 g/mol. The summed E-state index contributed by atoms with van der Waals surface area (Å²) in [7, 11) is 0. The SMILES string of the molecule is CC(O)C(CCOc1cccc(-c2ccc(Cl)nc2)c1)n1cnc(C(N)=O)c1. The van der Waals surface area contributed by atoms with Crippen molar-refractivity contribution in [3.63, 3.8) is 0 Å². The molecule has 2 unspecified atom stereocenters. The smallest absolute Gasteiger partial charge is 0.268 e. The largest absolute Gasteiger partial charge is 0.493 e. The van der Waals surface area contributed by atoms with Crippen LogP contribution in [0.4, 0.5) is 0 Å². The Morgan fingerprint density at radius 1 is 1.29 bits per heavy atom. The zero-order valence-corrected chi connectivity index (χ0v) is 16.1. The number of nitrogens with zero attached hydrogens (tertiary/aromatic N) is 3. The van der Waals surface area contributed by atoms with Crippen LogP contribution in [0, 0.1) is 0 Å². The summed E-state index contributed by atoms with van der Waals surface area (Å²) in [6.45, 7) is 2.06. The number of halogens is 1. The van der Waals surface area contributed by atoms with E-state index in [0.717, 1.165) is 11.1 Å². The molecule has 0 bridgehead atoms. The van der Waals surface area contributed by atoms with Gasteiger partial charge in [-0.05, 0) is 36.8 Å². The van der Waals surface area contributed by atoms with Crippen LogP contribution in [0.25, 0.3) is 11.1 Å². The van der Waals surface area contributed by atoms with Gasteiger partial charge in [0.05, 0.1) is 25.1 Å². The fourth-order valence-corrected chi connectivity index (χ4v) is 3.01. The number of aliphatic hydroxyl groups is 1. The molecule has 0 radical (unpaired) electrons. The van der Waals surface area contributed by atoms with Gasteiger partial charge in [-0.25, -0.2) is 9.97 Å². The zero-order chi connectivity index (χ0) is 20.1. The van der Waals surface area contributed by atoms with E-state index in [1.54, 1.807) is 23.8 Å². The first kappa shape index (κ1) is 19.9. The molecule has 3 aromatic rings. The van der Waals surface area contributed by atoms with Crippen LogP contribution in [0.5, 0.6) is 5.75 Å². The maximum absolute atomic E-state index is 11.2. The molecule has 2 heterocycles. The lowest BCUT2D eigenvalue weighted by Gasteiger charge is -2.21. The van der Waals surface area contributed by atoms with Crippen molar-refractivity contribution in [1.82, 2.24) is 14.5 Å². The second kappa shape index (κ2) is 8.86. The van der Waals surface area contributed by atoms with Gasteiger partial charge in [0.15, 0.2) is 0 Å². The number of aromatic nitrogens is 3. The number of carbonyl (C=O) groups is 1. The molecule has 0 fully saturated rings. The van der Waals surface area contributed by atoms with Gasteiger partial charge in [-0.1, -0.05) is 23.7 Å². The number of pyridine rings is 1.